The maximum absolute atomic E-state index is 5.26. The molecule has 24 heavy (non-hydrogen) atoms. The molecule has 0 atom stereocenters. The molecule has 0 aliphatic carbocycles. The van der Waals surface area contributed by atoms with Crippen molar-refractivity contribution in [1.82, 2.24) is 5.43 Å². The summed E-state index contributed by atoms with van der Waals surface area (Å²) in [5, 5.41) is 7.56. The molecular formula is C17H19N3O2S2. The zero-order chi connectivity index (χ0) is 17.4. The average molecular weight is 361 g/mol. The highest BCUT2D eigenvalue weighted by atomic mass is 32.2. The number of hydrazone groups is 1. The molecule has 0 amide bonds. The summed E-state index contributed by atoms with van der Waals surface area (Å²) in [6.45, 7) is 0. The lowest BCUT2D eigenvalue weighted by Crippen LogP contribution is -2.23. The minimum atomic E-state index is 0.388. The van der Waals surface area contributed by atoms with Crippen LogP contribution in [0.5, 0.6) is 11.5 Å². The normalized spacial score (nSPS) is 10.5. The number of thiocarbonyl (C=S) groups is 1. The lowest BCUT2D eigenvalue weighted by atomic mass is 10.2. The quantitative estimate of drug-likeness (QED) is 0.354. The van der Waals surface area contributed by atoms with E-state index in [-0.39, 0.29) is 0 Å². The number of thioether (sulfide) groups is 1. The molecule has 0 aliphatic rings. The second kappa shape index (κ2) is 9.14. The third kappa shape index (κ3) is 5.14. The van der Waals surface area contributed by atoms with Gasteiger partial charge in [-0.3, -0.25) is 5.43 Å². The molecule has 0 radical (unpaired) electrons. The molecule has 2 aromatic rings. The zero-order valence-electron chi connectivity index (χ0n) is 13.7. The largest absolute Gasteiger partial charge is 0.493 e. The molecule has 0 spiro atoms. The maximum atomic E-state index is 5.26. The van der Waals surface area contributed by atoms with Gasteiger partial charge in [-0.1, -0.05) is 12.1 Å². The van der Waals surface area contributed by atoms with E-state index in [1.807, 2.05) is 36.6 Å². The third-order valence-corrected chi connectivity index (χ3v) is 4.07. The topological polar surface area (TPSA) is 54.9 Å². The van der Waals surface area contributed by atoms with Crippen molar-refractivity contribution in [2.24, 2.45) is 5.10 Å². The number of hydrogen-bond acceptors (Lipinski definition) is 5. The second-order valence-corrected chi connectivity index (χ2v) is 5.95. The smallest absolute Gasteiger partial charge is 0.191 e. The summed E-state index contributed by atoms with van der Waals surface area (Å²) in [5.41, 5.74) is 4.56. The summed E-state index contributed by atoms with van der Waals surface area (Å²) in [6, 6.07) is 13.6. The molecule has 0 fully saturated rings. The Balaban J connectivity index is 1.91. The molecule has 2 N–H and O–H groups in total. The first-order chi connectivity index (χ1) is 11.7. The van der Waals surface area contributed by atoms with E-state index in [1.165, 1.54) is 4.90 Å². The van der Waals surface area contributed by atoms with Crippen LogP contribution in [0.1, 0.15) is 5.56 Å². The predicted molar refractivity (Wildman–Crippen MR) is 105 cm³/mol. The van der Waals surface area contributed by atoms with E-state index in [0.717, 1.165) is 11.3 Å². The van der Waals surface area contributed by atoms with Gasteiger partial charge in [0, 0.05) is 16.6 Å². The Labute approximate surface area is 151 Å². The van der Waals surface area contributed by atoms with Crippen LogP contribution in [-0.4, -0.2) is 31.8 Å². The Morgan fingerprint density at radius 3 is 2.42 bits per heavy atom. The molecule has 0 aromatic heterocycles. The fourth-order valence-electron chi connectivity index (χ4n) is 1.93. The van der Waals surface area contributed by atoms with Crippen molar-refractivity contribution in [1.29, 1.82) is 0 Å². The van der Waals surface area contributed by atoms with E-state index in [2.05, 4.69) is 15.8 Å². The van der Waals surface area contributed by atoms with Crippen LogP contribution in [-0.2, 0) is 0 Å². The fraction of sp³-hybridized carbons (Fsp3) is 0.176. The van der Waals surface area contributed by atoms with E-state index in [4.69, 9.17) is 21.7 Å². The lowest BCUT2D eigenvalue weighted by molar-refractivity contribution is 0.355. The first-order valence-corrected chi connectivity index (χ1v) is 8.75. The van der Waals surface area contributed by atoms with Gasteiger partial charge in [0.05, 0.1) is 20.4 Å². The monoisotopic (exact) mass is 361 g/mol. The van der Waals surface area contributed by atoms with Gasteiger partial charge >= 0.3 is 0 Å². The highest BCUT2D eigenvalue weighted by molar-refractivity contribution is 7.98. The summed E-state index contributed by atoms with van der Waals surface area (Å²) >= 11 is 6.92. The number of methoxy groups -OCH3 is 2. The van der Waals surface area contributed by atoms with Crippen molar-refractivity contribution in [3.8, 4) is 11.5 Å². The molecule has 0 unspecified atom stereocenters. The average Bonchev–Trinajstić information content (AvgIpc) is 2.62. The standard InChI is InChI=1S/C17H19N3O2S2/c1-21-15-9-6-13(10-16(15)22-2)19-17(23)20-18-11-12-4-7-14(24-3)8-5-12/h4-11H,1-3H3,(H2,19,20,23)/b18-11-. The third-order valence-electron chi connectivity index (χ3n) is 3.14. The van der Waals surface area contributed by atoms with Crippen molar-refractivity contribution in [2.75, 3.05) is 25.8 Å². The molecule has 5 nitrogen and oxygen atoms in total. The highest BCUT2D eigenvalue weighted by Crippen LogP contribution is 2.29. The van der Waals surface area contributed by atoms with Gasteiger partial charge in [-0.25, -0.2) is 0 Å². The van der Waals surface area contributed by atoms with Gasteiger partial charge in [0.2, 0.25) is 0 Å². The lowest BCUT2D eigenvalue weighted by Gasteiger charge is -2.11. The molecule has 126 valence electrons. The number of nitrogens with one attached hydrogen (secondary N) is 2. The SMILES string of the molecule is COc1ccc(NC(=S)N/N=C\c2ccc(SC)cc2)cc1OC. The number of benzene rings is 2. The summed E-state index contributed by atoms with van der Waals surface area (Å²) in [5.74, 6) is 1.29. The Hall–Kier alpha value is -2.25. The number of rotatable bonds is 6. The molecule has 0 saturated heterocycles. The first-order valence-electron chi connectivity index (χ1n) is 7.12. The van der Waals surface area contributed by atoms with Crippen LogP contribution >= 0.6 is 24.0 Å². The minimum Gasteiger partial charge on any atom is -0.493 e. The van der Waals surface area contributed by atoms with Gasteiger partial charge in [-0.2, -0.15) is 5.10 Å². The predicted octanol–water partition coefficient (Wildman–Crippen LogP) is 3.75. The van der Waals surface area contributed by atoms with Crippen LogP contribution in [0.3, 0.4) is 0 Å². The van der Waals surface area contributed by atoms with Crippen molar-refractivity contribution in [2.45, 2.75) is 4.90 Å². The molecule has 2 rings (SSSR count). The zero-order valence-corrected chi connectivity index (χ0v) is 15.3. The van der Waals surface area contributed by atoms with Gasteiger partial charge in [-0.05, 0) is 48.3 Å². The van der Waals surface area contributed by atoms with Crippen LogP contribution in [0.15, 0.2) is 52.5 Å². The highest BCUT2D eigenvalue weighted by Gasteiger charge is 2.05. The van der Waals surface area contributed by atoms with E-state index in [9.17, 15) is 0 Å². The molecule has 0 bridgehead atoms. The van der Waals surface area contributed by atoms with Crippen molar-refractivity contribution in [3.05, 3.63) is 48.0 Å². The minimum absolute atomic E-state index is 0.388. The number of hydrogen-bond donors (Lipinski definition) is 2. The van der Waals surface area contributed by atoms with E-state index in [1.54, 1.807) is 44.3 Å². The number of nitrogens with zero attached hydrogens (tertiary/aromatic N) is 1. The summed E-state index contributed by atoms with van der Waals surface area (Å²) in [7, 11) is 3.18. The molecule has 0 saturated carbocycles. The van der Waals surface area contributed by atoms with Gasteiger partial charge in [0.15, 0.2) is 16.6 Å². The van der Waals surface area contributed by atoms with Crippen LogP contribution in [0.4, 0.5) is 5.69 Å². The van der Waals surface area contributed by atoms with E-state index < -0.39 is 0 Å². The van der Waals surface area contributed by atoms with E-state index in [0.29, 0.717) is 16.6 Å². The van der Waals surface area contributed by atoms with Crippen LogP contribution in [0.2, 0.25) is 0 Å². The number of anilines is 1. The Kier molecular flexibility index (Phi) is 6.89. The van der Waals surface area contributed by atoms with Gasteiger partial charge in [-0.15, -0.1) is 11.8 Å². The molecule has 2 aromatic carbocycles. The maximum Gasteiger partial charge on any atom is 0.191 e. The van der Waals surface area contributed by atoms with Gasteiger partial charge < -0.3 is 14.8 Å². The Morgan fingerprint density at radius 2 is 1.79 bits per heavy atom. The fourth-order valence-corrected chi connectivity index (χ4v) is 2.51. The van der Waals surface area contributed by atoms with Crippen molar-refractivity contribution in [3.63, 3.8) is 0 Å². The summed E-state index contributed by atoms with van der Waals surface area (Å²) in [6.07, 6.45) is 3.76. The molecular weight excluding hydrogens is 342 g/mol. The molecule has 0 heterocycles. The van der Waals surface area contributed by atoms with Gasteiger partial charge in [0.1, 0.15) is 0 Å². The Morgan fingerprint density at radius 1 is 1.08 bits per heavy atom. The van der Waals surface area contributed by atoms with Crippen molar-refractivity contribution >= 4 is 41.0 Å². The Bertz CT molecular complexity index is 718. The first kappa shape index (κ1) is 18.1. The second-order valence-electron chi connectivity index (χ2n) is 4.67. The van der Waals surface area contributed by atoms with Crippen LogP contribution in [0.25, 0.3) is 0 Å². The van der Waals surface area contributed by atoms with Crippen molar-refractivity contribution < 1.29 is 9.47 Å². The van der Waals surface area contributed by atoms with Crippen LogP contribution in [0, 0.1) is 0 Å². The van der Waals surface area contributed by atoms with Crippen LogP contribution < -0.4 is 20.2 Å². The number of ether oxygens (including phenoxy) is 2. The molecule has 0 aliphatic heterocycles. The van der Waals surface area contributed by atoms with Gasteiger partial charge in [0.25, 0.3) is 0 Å². The summed E-state index contributed by atoms with van der Waals surface area (Å²) in [4.78, 5) is 1.21. The molecule has 7 heteroatoms. The summed E-state index contributed by atoms with van der Waals surface area (Å²) < 4.78 is 10.5. The van der Waals surface area contributed by atoms with E-state index >= 15 is 0 Å².